The second-order valence-electron chi connectivity index (χ2n) is 6.57. The Labute approximate surface area is 226 Å². The Kier molecular flexibility index (Phi) is 9.53. The molecule has 0 radical (unpaired) electrons. The van der Waals surface area contributed by atoms with Gasteiger partial charge in [0.05, 0.1) is 7.14 Å². The van der Waals surface area contributed by atoms with Gasteiger partial charge in [0.1, 0.15) is 23.1 Å². The zero-order chi connectivity index (χ0) is 23.3. The van der Waals surface area contributed by atoms with Crippen molar-refractivity contribution in [3.05, 3.63) is 69.4 Å². The molecule has 1 heterocycles. The van der Waals surface area contributed by atoms with Crippen LogP contribution in [0.15, 0.2) is 40.4 Å². The Morgan fingerprint density at radius 1 is 1.25 bits per heavy atom. The number of carboxylic acid groups (broad SMARTS) is 1. The van der Waals surface area contributed by atoms with Crippen LogP contribution in [0.2, 0.25) is 10.0 Å². The van der Waals surface area contributed by atoms with Crippen LogP contribution in [0, 0.1) is 7.14 Å². The first-order chi connectivity index (χ1) is 15.3. The largest absolute Gasteiger partial charge is 0.487 e. The summed E-state index contributed by atoms with van der Waals surface area (Å²) in [5, 5.41) is 18.1. The molecule has 0 aliphatic carbocycles. The number of aromatic amines is 1. The van der Waals surface area contributed by atoms with Crippen molar-refractivity contribution in [1.82, 2.24) is 15.2 Å². The van der Waals surface area contributed by atoms with E-state index in [1.165, 1.54) is 0 Å². The molecule has 11 heteroatoms. The average Bonchev–Trinajstić information content (AvgIpc) is 3.15. The molecular formula is C21H17Cl2I2N3O3S. The molecule has 0 amide bonds. The van der Waals surface area contributed by atoms with Gasteiger partial charge in [0.15, 0.2) is 0 Å². The summed E-state index contributed by atoms with van der Waals surface area (Å²) in [6.45, 7) is 2.33. The third kappa shape index (κ3) is 6.99. The number of carbonyl (C=O) groups is 1. The van der Waals surface area contributed by atoms with E-state index in [9.17, 15) is 9.90 Å². The maximum Gasteiger partial charge on any atom is 0.342 e. The van der Waals surface area contributed by atoms with E-state index < -0.39 is 5.97 Å². The molecule has 168 valence electrons. The highest BCUT2D eigenvalue weighted by Crippen LogP contribution is 2.33. The fourth-order valence-electron chi connectivity index (χ4n) is 2.65. The minimum atomic E-state index is -1.04. The molecule has 0 aliphatic rings. The van der Waals surface area contributed by atoms with E-state index in [1.807, 2.05) is 25.1 Å². The fraction of sp³-hybridized carbons (Fsp3) is 0.190. The number of aryl methyl sites for hydroxylation is 1. The first-order valence-electron chi connectivity index (χ1n) is 9.36. The molecule has 2 aromatic carbocycles. The Morgan fingerprint density at radius 3 is 2.59 bits per heavy atom. The van der Waals surface area contributed by atoms with Crippen LogP contribution < -0.4 is 4.74 Å². The Hall–Kier alpha value is -1.02. The highest BCUT2D eigenvalue weighted by atomic mass is 127. The second-order valence-corrected chi connectivity index (χ2v) is 10.7. The van der Waals surface area contributed by atoms with E-state index in [0.29, 0.717) is 27.6 Å². The predicted octanol–water partition coefficient (Wildman–Crippen LogP) is 7.07. The van der Waals surface area contributed by atoms with E-state index in [0.717, 1.165) is 48.7 Å². The van der Waals surface area contributed by atoms with E-state index in [2.05, 4.69) is 60.4 Å². The van der Waals surface area contributed by atoms with Crippen LogP contribution in [0.3, 0.4) is 0 Å². The van der Waals surface area contributed by atoms with Gasteiger partial charge in [0.25, 0.3) is 0 Å². The number of thioether (sulfide) groups is 1. The number of H-pyrrole nitrogens is 1. The third-order valence-corrected chi connectivity index (χ3v) is 7.18. The first-order valence-corrected chi connectivity index (χ1v) is 13.1. The van der Waals surface area contributed by atoms with Crippen LogP contribution in [0.1, 0.15) is 30.3 Å². The van der Waals surface area contributed by atoms with Crippen molar-refractivity contribution in [1.29, 1.82) is 0 Å². The number of carboxylic acids is 1. The van der Waals surface area contributed by atoms with Crippen LogP contribution in [0.5, 0.6) is 5.75 Å². The Bertz CT molecular complexity index is 1150. The lowest BCUT2D eigenvalue weighted by Crippen LogP contribution is -2.01. The van der Waals surface area contributed by atoms with Crippen molar-refractivity contribution in [2.45, 2.75) is 31.5 Å². The highest BCUT2D eigenvalue weighted by Gasteiger charge is 2.15. The van der Waals surface area contributed by atoms with Gasteiger partial charge in [-0.1, -0.05) is 36.2 Å². The topological polar surface area (TPSA) is 88.1 Å². The van der Waals surface area contributed by atoms with Crippen molar-refractivity contribution < 1.29 is 14.6 Å². The van der Waals surface area contributed by atoms with Gasteiger partial charge in [-0.2, -0.15) is 0 Å². The minimum Gasteiger partial charge on any atom is -0.487 e. The lowest BCUT2D eigenvalue weighted by molar-refractivity contribution is -0.131. The van der Waals surface area contributed by atoms with Gasteiger partial charge in [-0.25, -0.2) is 9.78 Å². The van der Waals surface area contributed by atoms with Crippen LogP contribution in [0.25, 0.3) is 6.08 Å². The zero-order valence-corrected chi connectivity index (χ0v) is 23.3. The van der Waals surface area contributed by atoms with E-state index in [-0.39, 0.29) is 4.91 Å². The lowest BCUT2D eigenvalue weighted by atomic mass is 10.2. The van der Waals surface area contributed by atoms with Gasteiger partial charge >= 0.3 is 5.97 Å². The fourth-order valence-corrected chi connectivity index (χ4v) is 5.96. The van der Waals surface area contributed by atoms with Crippen molar-refractivity contribution >= 4 is 92.2 Å². The molecule has 0 unspecified atom stereocenters. The maximum atomic E-state index is 11.8. The number of nitrogens with zero attached hydrogens (tertiary/aromatic N) is 2. The summed E-state index contributed by atoms with van der Waals surface area (Å²) in [7, 11) is 0. The Balaban J connectivity index is 1.79. The Morgan fingerprint density at radius 2 is 1.97 bits per heavy atom. The van der Waals surface area contributed by atoms with Crippen molar-refractivity contribution in [3.8, 4) is 5.75 Å². The number of aliphatic carboxylic acids is 1. The molecule has 1 aromatic heterocycles. The number of hydrogen-bond donors (Lipinski definition) is 2. The van der Waals surface area contributed by atoms with E-state index >= 15 is 0 Å². The molecule has 2 N–H and O–H groups in total. The van der Waals surface area contributed by atoms with Crippen molar-refractivity contribution in [2.24, 2.45) is 0 Å². The normalized spacial score (nSPS) is 11.6. The summed E-state index contributed by atoms with van der Waals surface area (Å²) >= 11 is 17.5. The van der Waals surface area contributed by atoms with Gasteiger partial charge in [0, 0.05) is 22.0 Å². The SMILES string of the molecule is CCCc1nc(S/C(=C\c2cc(I)c(OCc3ccc(Cl)cc3Cl)c(I)c2)C(=O)O)n[nH]1. The standard InChI is InChI=1S/C21H17Cl2I2N3O3S/c1-2-3-18-26-21(28-27-18)32-17(20(29)30)8-11-6-15(24)19(16(25)7-11)31-10-12-4-5-13(22)9-14(12)23/h4-9H,2-3,10H2,1H3,(H,29,30)(H,26,27,28)/b17-8-. The summed E-state index contributed by atoms with van der Waals surface area (Å²) in [6, 6.07) is 9.00. The molecule has 6 nitrogen and oxygen atoms in total. The minimum absolute atomic E-state index is 0.125. The number of hydrogen-bond acceptors (Lipinski definition) is 5. The summed E-state index contributed by atoms with van der Waals surface area (Å²) in [6.07, 6.45) is 3.29. The zero-order valence-electron chi connectivity index (χ0n) is 16.7. The monoisotopic (exact) mass is 715 g/mol. The second kappa shape index (κ2) is 11.9. The summed E-state index contributed by atoms with van der Waals surface area (Å²) < 4.78 is 7.70. The predicted molar refractivity (Wildman–Crippen MR) is 145 cm³/mol. The lowest BCUT2D eigenvalue weighted by Gasteiger charge is -2.13. The first kappa shape index (κ1) is 25.6. The van der Waals surface area contributed by atoms with Crippen molar-refractivity contribution in [3.63, 3.8) is 0 Å². The van der Waals surface area contributed by atoms with Gasteiger partial charge in [-0.05, 0) is 99.3 Å². The quantitative estimate of drug-likeness (QED) is 0.140. The smallest absolute Gasteiger partial charge is 0.342 e. The molecule has 0 saturated heterocycles. The number of nitrogens with one attached hydrogen (secondary N) is 1. The molecule has 32 heavy (non-hydrogen) atoms. The van der Waals surface area contributed by atoms with E-state index in [4.69, 9.17) is 27.9 Å². The molecule has 0 aliphatic heterocycles. The van der Waals surface area contributed by atoms with Gasteiger partial charge in [-0.3, -0.25) is 5.10 Å². The average molecular weight is 716 g/mol. The maximum absolute atomic E-state index is 11.8. The molecular weight excluding hydrogens is 699 g/mol. The molecule has 0 saturated carbocycles. The number of benzene rings is 2. The number of rotatable bonds is 9. The molecule has 0 spiro atoms. The number of ether oxygens (including phenoxy) is 1. The molecule has 0 atom stereocenters. The number of aromatic nitrogens is 3. The number of halogens is 4. The van der Waals surface area contributed by atoms with Crippen molar-refractivity contribution in [2.75, 3.05) is 0 Å². The highest BCUT2D eigenvalue weighted by molar-refractivity contribution is 14.1. The van der Waals surface area contributed by atoms with Crippen LogP contribution in [0.4, 0.5) is 0 Å². The summed E-state index contributed by atoms with van der Waals surface area (Å²) in [5.41, 5.74) is 1.56. The van der Waals surface area contributed by atoms with Crippen LogP contribution >= 0.6 is 80.1 Å². The molecule has 0 fully saturated rings. The van der Waals surface area contributed by atoms with E-state index in [1.54, 1.807) is 18.2 Å². The van der Waals surface area contributed by atoms with Gasteiger partial charge < -0.3 is 9.84 Å². The van der Waals surface area contributed by atoms with Gasteiger partial charge in [0.2, 0.25) is 5.16 Å². The van der Waals surface area contributed by atoms with Gasteiger partial charge in [-0.15, -0.1) is 5.10 Å². The van der Waals surface area contributed by atoms with Crippen LogP contribution in [-0.2, 0) is 17.8 Å². The molecule has 3 rings (SSSR count). The molecule has 3 aromatic rings. The third-order valence-electron chi connectivity index (χ3n) is 4.12. The molecule has 0 bridgehead atoms. The van der Waals surface area contributed by atoms with Crippen LogP contribution in [-0.4, -0.2) is 26.3 Å². The summed E-state index contributed by atoms with van der Waals surface area (Å²) in [5.74, 6) is 0.405. The summed E-state index contributed by atoms with van der Waals surface area (Å²) in [4.78, 5) is 16.2.